The van der Waals surface area contributed by atoms with Gasteiger partial charge in [-0.3, -0.25) is 9.59 Å². The van der Waals surface area contributed by atoms with Crippen LogP contribution in [-0.2, 0) is 9.59 Å². The van der Waals surface area contributed by atoms with Gasteiger partial charge in [0.15, 0.2) is 0 Å². The smallest absolute Gasteiger partial charge is 0.239 e. The maximum atomic E-state index is 12.8. The minimum Gasteiger partial charge on any atom is -0.372 e. The average molecular weight is 394 g/mol. The highest BCUT2D eigenvalue weighted by molar-refractivity contribution is 6.14. The van der Waals surface area contributed by atoms with E-state index >= 15 is 0 Å². The van der Waals surface area contributed by atoms with Gasteiger partial charge in [-0.15, -0.1) is 0 Å². The fraction of sp³-hybridized carbons (Fsp3) is 0.417. The van der Waals surface area contributed by atoms with E-state index in [1.807, 2.05) is 56.3 Å². The Morgan fingerprint density at radius 2 is 1.34 bits per heavy atom. The molecule has 5 nitrogen and oxygen atoms in total. The summed E-state index contributed by atoms with van der Waals surface area (Å²) in [7, 11) is 0. The lowest BCUT2D eigenvalue weighted by Gasteiger charge is -2.29. The molecule has 0 spiro atoms. The fourth-order valence-corrected chi connectivity index (χ4v) is 3.40. The van der Waals surface area contributed by atoms with Crippen LogP contribution in [0.15, 0.2) is 42.5 Å². The summed E-state index contributed by atoms with van der Waals surface area (Å²) < 4.78 is 0. The Hall–Kier alpha value is -2.82. The molecular formula is C24H31N3O2. The number of amides is 2. The normalized spacial score (nSPS) is 14.4. The Morgan fingerprint density at radius 3 is 1.93 bits per heavy atom. The molecule has 2 aromatic carbocycles. The third-order valence-corrected chi connectivity index (χ3v) is 5.75. The Morgan fingerprint density at radius 1 is 0.793 bits per heavy atom. The van der Waals surface area contributed by atoms with Crippen LogP contribution < -0.4 is 15.5 Å². The van der Waals surface area contributed by atoms with Gasteiger partial charge in [0.05, 0.1) is 0 Å². The van der Waals surface area contributed by atoms with E-state index in [0.717, 1.165) is 24.2 Å². The third kappa shape index (κ3) is 4.97. The summed E-state index contributed by atoms with van der Waals surface area (Å²) >= 11 is 0. The molecular weight excluding hydrogens is 362 g/mol. The van der Waals surface area contributed by atoms with Crippen molar-refractivity contribution in [1.82, 2.24) is 0 Å². The number of hydrogen-bond acceptors (Lipinski definition) is 3. The fourth-order valence-electron chi connectivity index (χ4n) is 3.40. The lowest BCUT2D eigenvalue weighted by atomic mass is 9.90. The summed E-state index contributed by atoms with van der Waals surface area (Å²) in [6, 6.07) is 13.6. The van der Waals surface area contributed by atoms with E-state index in [9.17, 15) is 9.59 Å². The monoisotopic (exact) mass is 393 g/mol. The second-order valence-corrected chi connectivity index (χ2v) is 8.43. The van der Waals surface area contributed by atoms with Crippen molar-refractivity contribution in [2.75, 3.05) is 28.6 Å². The molecule has 1 aliphatic heterocycles. The van der Waals surface area contributed by atoms with E-state index in [-0.39, 0.29) is 11.8 Å². The van der Waals surface area contributed by atoms with Gasteiger partial charge in [0.25, 0.3) is 0 Å². The van der Waals surface area contributed by atoms with E-state index in [1.54, 1.807) is 13.8 Å². The van der Waals surface area contributed by atoms with Gasteiger partial charge in [0.1, 0.15) is 5.41 Å². The number of nitrogens with one attached hydrogen (secondary N) is 2. The summed E-state index contributed by atoms with van der Waals surface area (Å²) in [4.78, 5) is 27.9. The predicted octanol–water partition coefficient (Wildman–Crippen LogP) is 4.90. The van der Waals surface area contributed by atoms with Gasteiger partial charge in [-0.1, -0.05) is 6.07 Å². The molecule has 1 fully saturated rings. The minimum absolute atomic E-state index is 0.329. The van der Waals surface area contributed by atoms with Crippen molar-refractivity contribution in [1.29, 1.82) is 0 Å². The molecule has 5 heteroatoms. The maximum absolute atomic E-state index is 12.8. The first kappa shape index (κ1) is 20.9. The van der Waals surface area contributed by atoms with Gasteiger partial charge in [0.2, 0.25) is 11.8 Å². The summed E-state index contributed by atoms with van der Waals surface area (Å²) in [5.74, 6) is -0.659. The Balaban J connectivity index is 1.63. The van der Waals surface area contributed by atoms with Crippen LogP contribution in [0.25, 0.3) is 0 Å². The van der Waals surface area contributed by atoms with Crippen LogP contribution in [-0.4, -0.2) is 24.9 Å². The largest absolute Gasteiger partial charge is 0.372 e. The van der Waals surface area contributed by atoms with Crippen LogP contribution in [0, 0.1) is 19.3 Å². The molecule has 1 aliphatic rings. The van der Waals surface area contributed by atoms with Crippen LogP contribution >= 0.6 is 0 Å². The van der Waals surface area contributed by atoms with Crippen LogP contribution in [0.1, 0.15) is 44.2 Å². The van der Waals surface area contributed by atoms with E-state index in [0.29, 0.717) is 11.4 Å². The van der Waals surface area contributed by atoms with Crippen LogP contribution in [0.5, 0.6) is 0 Å². The minimum atomic E-state index is -1.20. The quantitative estimate of drug-likeness (QED) is 0.711. The number of carbonyl (C=O) groups is 2. The zero-order valence-electron chi connectivity index (χ0n) is 17.8. The number of benzene rings is 2. The third-order valence-electron chi connectivity index (χ3n) is 5.75. The maximum Gasteiger partial charge on any atom is 0.239 e. The highest BCUT2D eigenvalue weighted by atomic mass is 16.2. The number of hydrogen-bond donors (Lipinski definition) is 2. The molecule has 2 amide bonds. The Labute approximate surface area is 173 Å². The molecule has 0 saturated carbocycles. The highest BCUT2D eigenvalue weighted by Gasteiger charge is 2.36. The number of rotatable bonds is 5. The molecule has 2 N–H and O–H groups in total. The molecule has 0 aliphatic carbocycles. The molecule has 0 atom stereocenters. The van der Waals surface area contributed by atoms with E-state index < -0.39 is 5.41 Å². The first-order valence-electron chi connectivity index (χ1n) is 10.3. The second-order valence-electron chi connectivity index (χ2n) is 8.43. The van der Waals surface area contributed by atoms with Crippen molar-refractivity contribution in [3.05, 3.63) is 53.6 Å². The van der Waals surface area contributed by atoms with Crippen LogP contribution in [0.3, 0.4) is 0 Å². The number of aryl methyl sites for hydroxylation is 2. The Bertz CT molecular complexity index is 881. The SMILES string of the molecule is Cc1ccc(NC(=O)C(C)(C)C(=O)Nc2ccc(N3CCCCC3)cc2)cc1C. The molecule has 0 radical (unpaired) electrons. The first-order valence-corrected chi connectivity index (χ1v) is 10.3. The molecule has 0 bridgehead atoms. The zero-order valence-corrected chi connectivity index (χ0v) is 17.8. The van der Waals surface area contributed by atoms with Crippen molar-refractivity contribution in [3.63, 3.8) is 0 Å². The number of anilines is 3. The molecule has 29 heavy (non-hydrogen) atoms. The molecule has 0 aromatic heterocycles. The molecule has 2 aromatic rings. The van der Waals surface area contributed by atoms with Gasteiger partial charge >= 0.3 is 0 Å². The molecule has 0 unspecified atom stereocenters. The van der Waals surface area contributed by atoms with Crippen LogP contribution in [0.2, 0.25) is 0 Å². The molecule has 1 saturated heterocycles. The summed E-state index contributed by atoms with van der Waals surface area (Å²) in [5.41, 5.74) is 3.62. The van der Waals surface area contributed by atoms with Gasteiger partial charge < -0.3 is 15.5 Å². The molecule has 3 rings (SSSR count). The van der Waals surface area contributed by atoms with Gasteiger partial charge in [0, 0.05) is 30.2 Å². The lowest BCUT2D eigenvalue weighted by molar-refractivity contribution is -0.135. The van der Waals surface area contributed by atoms with Crippen molar-refractivity contribution in [2.45, 2.75) is 47.0 Å². The van der Waals surface area contributed by atoms with Gasteiger partial charge in [-0.05, 0) is 94.5 Å². The first-order chi connectivity index (χ1) is 13.8. The van der Waals surface area contributed by atoms with Crippen molar-refractivity contribution < 1.29 is 9.59 Å². The summed E-state index contributed by atoms with van der Waals surface area (Å²) in [6.07, 6.45) is 3.74. The van der Waals surface area contributed by atoms with Crippen molar-refractivity contribution in [2.24, 2.45) is 5.41 Å². The topological polar surface area (TPSA) is 61.4 Å². The van der Waals surface area contributed by atoms with Gasteiger partial charge in [-0.25, -0.2) is 0 Å². The van der Waals surface area contributed by atoms with E-state index in [2.05, 4.69) is 15.5 Å². The zero-order chi connectivity index (χ0) is 21.0. The van der Waals surface area contributed by atoms with Crippen molar-refractivity contribution >= 4 is 28.9 Å². The van der Waals surface area contributed by atoms with E-state index in [4.69, 9.17) is 0 Å². The molecule has 1 heterocycles. The number of nitrogens with zero attached hydrogens (tertiary/aromatic N) is 1. The predicted molar refractivity (Wildman–Crippen MR) is 119 cm³/mol. The lowest BCUT2D eigenvalue weighted by Crippen LogP contribution is -2.41. The number of piperidine rings is 1. The summed E-state index contributed by atoms with van der Waals surface area (Å²) in [5, 5.41) is 5.74. The van der Waals surface area contributed by atoms with Crippen LogP contribution in [0.4, 0.5) is 17.1 Å². The van der Waals surface area contributed by atoms with E-state index in [1.165, 1.54) is 24.9 Å². The second kappa shape index (κ2) is 8.68. The Kier molecular flexibility index (Phi) is 6.26. The van der Waals surface area contributed by atoms with Gasteiger partial charge in [-0.2, -0.15) is 0 Å². The highest BCUT2D eigenvalue weighted by Crippen LogP contribution is 2.25. The average Bonchev–Trinajstić information content (AvgIpc) is 2.72. The number of carbonyl (C=O) groups excluding carboxylic acids is 2. The molecule has 154 valence electrons. The van der Waals surface area contributed by atoms with Crippen molar-refractivity contribution in [3.8, 4) is 0 Å². The standard InChI is InChI=1S/C24H31N3O2/c1-17-8-9-20(16-18(17)2)26-23(29)24(3,4)22(28)25-19-10-12-21(13-11-19)27-14-6-5-7-15-27/h8-13,16H,5-7,14-15H2,1-4H3,(H,25,28)(H,26,29). The summed E-state index contributed by atoms with van der Waals surface area (Å²) in [6.45, 7) is 9.46.